The highest BCUT2D eigenvalue weighted by molar-refractivity contribution is 7.98. The van der Waals surface area contributed by atoms with E-state index in [1.807, 2.05) is 68.6 Å². The van der Waals surface area contributed by atoms with Crippen LogP contribution in [0.3, 0.4) is 0 Å². The van der Waals surface area contributed by atoms with Crippen LogP contribution < -0.4 is 27.0 Å². The smallest absolute Gasteiger partial charge is 0.245 e. The van der Waals surface area contributed by atoms with Crippen LogP contribution in [0.15, 0.2) is 65.8 Å². The van der Waals surface area contributed by atoms with Crippen LogP contribution in [0.1, 0.15) is 51.2 Å². The molecule has 6 amide bonds. The van der Waals surface area contributed by atoms with E-state index in [-0.39, 0.29) is 44.6 Å². The van der Waals surface area contributed by atoms with E-state index in [0.717, 1.165) is 11.1 Å². The van der Waals surface area contributed by atoms with Crippen LogP contribution in [0.4, 0.5) is 0 Å². The molecule has 52 heavy (non-hydrogen) atoms. The van der Waals surface area contributed by atoms with E-state index >= 15 is 0 Å². The van der Waals surface area contributed by atoms with E-state index < -0.39 is 71.7 Å². The van der Waals surface area contributed by atoms with Crippen molar-refractivity contribution in [3.63, 3.8) is 0 Å². The lowest BCUT2D eigenvalue weighted by molar-refractivity contribution is -0.141. The molecule has 0 spiro atoms. The summed E-state index contributed by atoms with van der Waals surface area (Å²) in [5.41, 5.74) is 16.1. The van der Waals surface area contributed by atoms with Crippen LogP contribution in [0.5, 0.6) is 0 Å². The number of nitrogens with two attached hydrogens (primary N) is 1. The summed E-state index contributed by atoms with van der Waals surface area (Å²) < 4.78 is 0. The van der Waals surface area contributed by atoms with Gasteiger partial charge in [-0.05, 0) is 65.9 Å². The van der Waals surface area contributed by atoms with Crippen molar-refractivity contribution in [3.8, 4) is 0 Å². The molecule has 2 aromatic carbocycles. The summed E-state index contributed by atoms with van der Waals surface area (Å²) in [7, 11) is 0. The highest BCUT2D eigenvalue weighted by atomic mass is 32.2. The summed E-state index contributed by atoms with van der Waals surface area (Å²) in [5, 5.41) is 14.1. The summed E-state index contributed by atoms with van der Waals surface area (Å²) >= 11 is 1.46. The summed E-state index contributed by atoms with van der Waals surface area (Å²) in [5.74, 6) is -3.09. The standard InChI is InChI=1S/C36H49N9O6S/c1-22(2)19-30(35(50)39-26(16-18-52-4)34(49)43-44-38)45-17-15-27(36(45)51)40-32(47)29(21-25-13-9-6-10-14-25)42-33(48)28(41-31(46)23(3)37)20-24-11-7-5-8-12-24/h5-14,22-23,26-30H,15-21,37H2,1-4H3,(H,39,50)(H,40,47)(H,41,46)(H,42,48)/t23-,26-,27+,28-,29-,30-/m0/s1. The number of amides is 6. The molecule has 16 heteroatoms. The molecule has 0 aliphatic carbocycles. The number of nitrogens with one attached hydrogen (secondary N) is 4. The Bertz CT molecular complexity index is 1590. The third-order valence-corrected chi connectivity index (χ3v) is 9.19. The molecule has 1 fully saturated rings. The van der Waals surface area contributed by atoms with Crippen molar-refractivity contribution in [2.45, 2.75) is 89.1 Å². The molecule has 1 aliphatic heterocycles. The predicted molar refractivity (Wildman–Crippen MR) is 198 cm³/mol. The summed E-state index contributed by atoms with van der Waals surface area (Å²) in [6.07, 6.45) is 2.80. The van der Waals surface area contributed by atoms with Gasteiger partial charge in [0.05, 0.1) is 12.1 Å². The highest BCUT2D eigenvalue weighted by Crippen LogP contribution is 2.21. The second-order valence-electron chi connectivity index (χ2n) is 13.2. The van der Waals surface area contributed by atoms with E-state index in [1.165, 1.54) is 23.6 Å². The summed E-state index contributed by atoms with van der Waals surface area (Å²) in [4.78, 5) is 84.1. The average Bonchev–Trinajstić information content (AvgIpc) is 3.47. The quantitative estimate of drug-likeness (QED) is 0.0812. The maximum atomic E-state index is 13.9. The van der Waals surface area contributed by atoms with E-state index in [0.29, 0.717) is 5.75 Å². The van der Waals surface area contributed by atoms with Crippen LogP contribution >= 0.6 is 11.8 Å². The molecular weight excluding hydrogens is 687 g/mol. The van der Waals surface area contributed by atoms with Gasteiger partial charge in [0.15, 0.2) is 0 Å². The van der Waals surface area contributed by atoms with E-state index in [2.05, 4.69) is 31.3 Å². The molecule has 0 saturated carbocycles. The average molecular weight is 736 g/mol. The van der Waals surface area contributed by atoms with Crippen LogP contribution in [0.2, 0.25) is 0 Å². The minimum Gasteiger partial charge on any atom is -0.344 e. The summed E-state index contributed by atoms with van der Waals surface area (Å²) in [6, 6.07) is 12.1. The number of carbonyl (C=O) groups excluding carboxylic acids is 6. The number of nitrogens with zero attached hydrogens (tertiary/aromatic N) is 4. The van der Waals surface area contributed by atoms with Crippen molar-refractivity contribution in [1.82, 2.24) is 26.2 Å². The molecule has 1 aliphatic rings. The second-order valence-corrected chi connectivity index (χ2v) is 14.2. The first kappa shape index (κ1) is 41.5. The second kappa shape index (κ2) is 20.8. The maximum Gasteiger partial charge on any atom is 0.245 e. The molecule has 0 unspecified atom stereocenters. The lowest BCUT2D eigenvalue weighted by atomic mass is 10.0. The first-order valence-corrected chi connectivity index (χ1v) is 18.7. The molecule has 0 radical (unpaired) electrons. The fourth-order valence-electron chi connectivity index (χ4n) is 5.81. The van der Waals surface area contributed by atoms with Crippen molar-refractivity contribution in [1.29, 1.82) is 0 Å². The van der Waals surface area contributed by atoms with E-state index in [9.17, 15) is 28.8 Å². The summed E-state index contributed by atoms with van der Waals surface area (Å²) in [6.45, 7) is 5.46. The zero-order valence-electron chi connectivity index (χ0n) is 30.0. The zero-order chi connectivity index (χ0) is 38.2. The van der Waals surface area contributed by atoms with Gasteiger partial charge >= 0.3 is 0 Å². The van der Waals surface area contributed by atoms with Gasteiger partial charge in [-0.1, -0.05) is 74.5 Å². The Labute approximate surface area is 308 Å². The SMILES string of the molecule is CSCC[C@H](NC(=O)[C@H](CC(C)C)N1CC[C@@H](NC(=O)[C@H](Cc2ccccc2)NC(=O)[C@H](Cc2ccccc2)NC(=O)[C@H](C)N)C1=O)C(=O)N=[N+]=[N-]. The Morgan fingerprint density at radius 2 is 1.40 bits per heavy atom. The number of likely N-dealkylation sites (tertiary alicyclic amines) is 1. The van der Waals surface area contributed by atoms with Gasteiger partial charge in [-0.25, -0.2) is 0 Å². The number of rotatable bonds is 19. The fraction of sp³-hybridized carbons (Fsp3) is 0.500. The highest BCUT2D eigenvalue weighted by Gasteiger charge is 2.41. The minimum atomic E-state index is -1.12. The Morgan fingerprint density at radius 1 is 0.865 bits per heavy atom. The molecule has 1 saturated heterocycles. The largest absolute Gasteiger partial charge is 0.344 e. The monoisotopic (exact) mass is 735 g/mol. The van der Waals surface area contributed by atoms with Gasteiger partial charge < -0.3 is 31.9 Å². The van der Waals surface area contributed by atoms with Crippen LogP contribution in [0, 0.1) is 5.92 Å². The fourth-order valence-corrected chi connectivity index (χ4v) is 6.28. The van der Waals surface area contributed by atoms with Crippen LogP contribution in [-0.4, -0.2) is 95.1 Å². The Kier molecular flexibility index (Phi) is 16.6. The molecule has 1 heterocycles. The van der Waals surface area contributed by atoms with Gasteiger partial charge in [-0.2, -0.15) is 11.8 Å². The van der Waals surface area contributed by atoms with Gasteiger partial charge in [0.1, 0.15) is 24.2 Å². The predicted octanol–water partition coefficient (Wildman–Crippen LogP) is 2.00. The molecule has 2 aromatic rings. The van der Waals surface area contributed by atoms with Gasteiger partial charge in [-0.15, -0.1) is 0 Å². The topological polar surface area (TPSA) is 229 Å². The lowest BCUT2D eigenvalue weighted by Gasteiger charge is -2.30. The molecule has 6 N–H and O–H groups in total. The third-order valence-electron chi connectivity index (χ3n) is 8.54. The van der Waals surface area contributed by atoms with Gasteiger partial charge in [0.25, 0.3) is 0 Å². The number of benzene rings is 2. The first-order chi connectivity index (χ1) is 24.8. The number of azide groups is 1. The van der Waals surface area contributed by atoms with Gasteiger partial charge in [0.2, 0.25) is 35.4 Å². The number of hydrogen-bond acceptors (Lipinski definition) is 8. The Hall–Kier alpha value is -4.92. The number of hydrogen-bond donors (Lipinski definition) is 5. The Balaban J connectivity index is 1.81. The number of carbonyl (C=O) groups is 6. The first-order valence-electron chi connectivity index (χ1n) is 17.3. The van der Waals surface area contributed by atoms with Crippen molar-refractivity contribution in [2.75, 3.05) is 18.6 Å². The lowest BCUT2D eigenvalue weighted by Crippen LogP contribution is -2.58. The van der Waals surface area contributed by atoms with Crippen molar-refractivity contribution >= 4 is 47.2 Å². The van der Waals surface area contributed by atoms with Gasteiger partial charge in [0, 0.05) is 24.3 Å². The van der Waals surface area contributed by atoms with E-state index in [4.69, 9.17) is 11.3 Å². The molecular formula is C36H49N9O6S. The van der Waals surface area contributed by atoms with Crippen LogP contribution in [-0.2, 0) is 41.6 Å². The molecule has 280 valence electrons. The van der Waals surface area contributed by atoms with Crippen molar-refractivity contribution < 1.29 is 28.8 Å². The number of thioether (sulfide) groups is 1. The molecule has 3 rings (SSSR count). The molecule has 6 atom stereocenters. The third kappa shape index (κ3) is 12.7. The van der Waals surface area contributed by atoms with Crippen LogP contribution in [0.25, 0.3) is 10.4 Å². The minimum absolute atomic E-state index is 0.00767. The van der Waals surface area contributed by atoms with Gasteiger partial charge in [-0.3, -0.25) is 28.8 Å². The van der Waals surface area contributed by atoms with Crippen molar-refractivity contribution in [2.24, 2.45) is 16.8 Å². The molecule has 0 bridgehead atoms. The van der Waals surface area contributed by atoms with Crippen molar-refractivity contribution in [3.05, 3.63) is 82.2 Å². The van der Waals surface area contributed by atoms with E-state index in [1.54, 1.807) is 12.1 Å². The Morgan fingerprint density at radius 3 is 1.92 bits per heavy atom. The zero-order valence-corrected chi connectivity index (χ0v) is 30.8. The molecule has 15 nitrogen and oxygen atoms in total. The normalized spacial score (nSPS) is 16.8. The molecule has 0 aromatic heterocycles. The maximum absolute atomic E-state index is 13.9.